The van der Waals surface area contributed by atoms with E-state index >= 15 is 0 Å². The summed E-state index contributed by atoms with van der Waals surface area (Å²) in [6, 6.07) is 0. The van der Waals surface area contributed by atoms with Crippen molar-refractivity contribution in [3.05, 3.63) is 32.9 Å². The second-order valence-electron chi connectivity index (χ2n) is 3.97. The van der Waals surface area contributed by atoms with Crippen molar-refractivity contribution in [1.82, 2.24) is 7.35 Å². The Bertz CT molecular complexity index is 567. The minimum Gasteiger partial charge on any atom is -0.394 e. The van der Waals surface area contributed by atoms with Gasteiger partial charge in [-0.1, -0.05) is 0 Å². The number of nitrogens with zero attached hydrogens (tertiary/aromatic N) is 2. The van der Waals surface area contributed by atoms with Crippen molar-refractivity contribution in [2.24, 2.45) is 0 Å². The van der Waals surface area contributed by atoms with E-state index in [9.17, 15) is 24.2 Å². The number of halogens is 2. The molecule has 2 rings (SSSR count). The first-order valence-corrected chi connectivity index (χ1v) is 6.17. The van der Waals surface area contributed by atoms with Crippen LogP contribution in [0, 0.1) is 5.82 Å². The molecule has 1 aliphatic heterocycles. The highest BCUT2D eigenvalue weighted by molar-refractivity contribution is 14.1. The largest absolute Gasteiger partial charge is 0.394 e. The summed E-state index contributed by atoms with van der Waals surface area (Å²) < 4.78 is 19.5. The van der Waals surface area contributed by atoms with Gasteiger partial charge in [-0.25, -0.2) is 12.1 Å². The molecule has 1 aromatic rings. The summed E-state index contributed by atoms with van der Waals surface area (Å²) in [4.78, 5) is 23.4. The quantitative estimate of drug-likeness (QED) is 0.504. The summed E-state index contributed by atoms with van der Waals surface area (Å²) in [7, 11) is 0. The minimum absolute atomic E-state index is 0.366. The van der Waals surface area contributed by atoms with Crippen LogP contribution < -0.4 is 11.2 Å². The standard InChI is InChI=1S/C9H10FIN2O6/c10-3-1-12(11)9(18)13(7(3)17)8-6(16)5(15)4(2-14)19-8/h1,4-6,8,14-16H,2H2/t4-,5-,6+,8?/m1/s1. The molecule has 10 heteroatoms. The van der Waals surface area contributed by atoms with Gasteiger partial charge in [0, 0.05) is 0 Å². The number of hydrogen-bond acceptors (Lipinski definition) is 6. The van der Waals surface area contributed by atoms with Gasteiger partial charge >= 0.3 is 5.69 Å². The molecule has 0 aliphatic carbocycles. The number of aliphatic hydroxyl groups excluding tert-OH is 3. The van der Waals surface area contributed by atoms with Gasteiger partial charge in [-0.2, -0.15) is 4.39 Å². The summed E-state index contributed by atoms with van der Waals surface area (Å²) in [5, 5.41) is 28.2. The van der Waals surface area contributed by atoms with Crippen LogP contribution in [0.1, 0.15) is 6.23 Å². The van der Waals surface area contributed by atoms with E-state index in [-0.39, 0.29) is 0 Å². The molecule has 19 heavy (non-hydrogen) atoms. The van der Waals surface area contributed by atoms with Crippen molar-refractivity contribution in [2.45, 2.75) is 24.5 Å². The fraction of sp³-hybridized carbons (Fsp3) is 0.556. The topological polar surface area (TPSA) is 114 Å². The molecule has 1 fully saturated rings. The molecule has 1 aromatic heterocycles. The summed E-state index contributed by atoms with van der Waals surface area (Å²) >= 11 is 1.46. The van der Waals surface area contributed by atoms with E-state index in [1.165, 1.54) is 22.9 Å². The maximum absolute atomic E-state index is 13.3. The second kappa shape index (κ2) is 5.28. The lowest BCUT2D eigenvalue weighted by molar-refractivity contribution is -0.0570. The van der Waals surface area contributed by atoms with E-state index in [4.69, 9.17) is 9.84 Å². The molecule has 0 aromatic carbocycles. The van der Waals surface area contributed by atoms with E-state index in [0.717, 1.165) is 2.78 Å². The van der Waals surface area contributed by atoms with Crippen molar-refractivity contribution in [3.63, 3.8) is 0 Å². The Morgan fingerprint density at radius 3 is 2.53 bits per heavy atom. The molecule has 1 aliphatic rings. The minimum atomic E-state index is -1.62. The third kappa shape index (κ3) is 2.33. The first kappa shape index (κ1) is 14.6. The van der Waals surface area contributed by atoms with Crippen molar-refractivity contribution < 1.29 is 24.4 Å². The van der Waals surface area contributed by atoms with Crippen LogP contribution in [0.4, 0.5) is 4.39 Å². The highest BCUT2D eigenvalue weighted by atomic mass is 127. The molecule has 1 saturated heterocycles. The number of ether oxygens (including phenoxy) is 1. The van der Waals surface area contributed by atoms with Crippen LogP contribution >= 0.6 is 22.9 Å². The average Bonchev–Trinajstić information content (AvgIpc) is 2.65. The number of aromatic nitrogens is 2. The Labute approximate surface area is 119 Å². The molecule has 0 bridgehead atoms. The first-order valence-electron chi connectivity index (χ1n) is 5.20. The van der Waals surface area contributed by atoms with Gasteiger partial charge in [-0.3, -0.25) is 4.79 Å². The zero-order chi connectivity index (χ0) is 14.3. The van der Waals surface area contributed by atoms with Gasteiger partial charge in [0.15, 0.2) is 6.23 Å². The highest BCUT2D eigenvalue weighted by Crippen LogP contribution is 2.27. The Balaban J connectivity index is 2.55. The van der Waals surface area contributed by atoms with Crippen molar-refractivity contribution >= 4 is 22.9 Å². The predicted molar refractivity (Wildman–Crippen MR) is 67.3 cm³/mol. The number of rotatable bonds is 2. The smallest absolute Gasteiger partial charge is 0.342 e. The molecule has 106 valence electrons. The summed E-state index contributed by atoms with van der Waals surface area (Å²) in [6.07, 6.45) is -5.11. The van der Waals surface area contributed by atoms with E-state index in [2.05, 4.69) is 0 Å². The molecular formula is C9H10FIN2O6. The number of aliphatic hydroxyl groups is 3. The van der Waals surface area contributed by atoms with Crippen LogP contribution in [-0.4, -0.2) is 47.6 Å². The molecule has 4 atom stereocenters. The van der Waals surface area contributed by atoms with Crippen LogP contribution in [0.15, 0.2) is 15.8 Å². The van der Waals surface area contributed by atoms with Crippen molar-refractivity contribution in [2.75, 3.05) is 6.61 Å². The fourth-order valence-electron chi connectivity index (χ4n) is 1.83. The van der Waals surface area contributed by atoms with Gasteiger partial charge in [0.2, 0.25) is 5.82 Å². The third-order valence-corrected chi connectivity index (χ3v) is 3.50. The monoisotopic (exact) mass is 388 g/mol. The van der Waals surface area contributed by atoms with Crippen LogP contribution in [0.2, 0.25) is 0 Å². The molecule has 0 amide bonds. The molecule has 0 saturated carbocycles. The Morgan fingerprint density at radius 2 is 2.00 bits per heavy atom. The van der Waals surface area contributed by atoms with Gasteiger partial charge in [0.1, 0.15) is 18.3 Å². The maximum Gasteiger partial charge on any atom is 0.342 e. The van der Waals surface area contributed by atoms with Crippen molar-refractivity contribution in [1.29, 1.82) is 0 Å². The van der Waals surface area contributed by atoms with Gasteiger partial charge in [0.05, 0.1) is 35.7 Å². The summed E-state index contributed by atoms with van der Waals surface area (Å²) in [6.45, 7) is -0.614. The van der Waals surface area contributed by atoms with E-state index in [1.54, 1.807) is 0 Å². The lowest BCUT2D eigenvalue weighted by Gasteiger charge is -2.16. The van der Waals surface area contributed by atoms with Gasteiger partial charge < -0.3 is 20.1 Å². The SMILES string of the molecule is O=c1c(F)cn(I)c(=O)n1C1O[C@H](CO)[C@@H](O)[C@@H]1O. The first-order chi connectivity index (χ1) is 8.88. The fourth-order valence-corrected chi connectivity index (χ4v) is 2.31. The summed E-state index contributed by atoms with van der Waals surface area (Å²) in [5.74, 6) is -1.20. The van der Waals surface area contributed by atoms with Gasteiger partial charge in [-0.05, 0) is 0 Å². The van der Waals surface area contributed by atoms with Gasteiger partial charge in [-0.15, -0.1) is 0 Å². The molecule has 1 unspecified atom stereocenters. The van der Waals surface area contributed by atoms with Crippen LogP contribution in [-0.2, 0) is 4.74 Å². The summed E-state index contributed by atoms with van der Waals surface area (Å²) in [5.41, 5.74) is -2.19. The molecule has 0 spiro atoms. The van der Waals surface area contributed by atoms with Gasteiger partial charge in [0.25, 0.3) is 5.56 Å². The van der Waals surface area contributed by atoms with Crippen LogP contribution in [0.3, 0.4) is 0 Å². The zero-order valence-electron chi connectivity index (χ0n) is 9.31. The maximum atomic E-state index is 13.3. The van der Waals surface area contributed by atoms with Crippen molar-refractivity contribution in [3.8, 4) is 0 Å². The van der Waals surface area contributed by atoms with E-state index in [1.807, 2.05) is 0 Å². The molecular weight excluding hydrogens is 378 g/mol. The molecule has 0 radical (unpaired) electrons. The normalized spacial score (nSPS) is 30.8. The molecule has 8 nitrogen and oxygen atoms in total. The second-order valence-corrected chi connectivity index (χ2v) is 5.01. The van der Waals surface area contributed by atoms with Crippen LogP contribution in [0.25, 0.3) is 0 Å². The Morgan fingerprint density at radius 1 is 1.37 bits per heavy atom. The Kier molecular flexibility index (Phi) is 4.06. The van der Waals surface area contributed by atoms with E-state index < -0.39 is 48.2 Å². The van der Waals surface area contributed by atoms with Crippen LogP contribution in [0.5, 0.6) is 0 Å². The molecule has 3 N–H and O–H groups in total. The molecule has 2 heterocycles. The predicted octanol–water partition coefficient (Wildman–Crippen LogP) is -2.04. The highest BCUT2D eigenvalue weighted by Gasteiger charge is 2.44. The zero-order valence-corrected chi connectivity index (χ0v) is 11.5. The third-order valence-electron chi connectivity index (χ3n) is 2.81. The lowest BCUT2D eigenvalue weighted by atomic mass is 10.1. The average molecular weight is 388 g/mol. The Hall–Kier alpha value is -0.820. The lowest BCUT2D eigenvalue weighted by Crippen LogP contribution is -2.45. The van der Waals surface area contributed by atoms with E-state index in [0.29, 0.717) is 10.8 Å². The number of hydrogen-bond donors (Lipinski definition) is 3.